The number of hydrogen-bond acceptors (Lipinski definition) is 5. The molecule has 0 spiro atoms. The normalized spacial score (nSPS) is 15.8. The van der Waals surface area contributed by atoms with Crippen molar-refractivity contribution in [3.8, 4) is 5.75 Å². The number of carbonyl (C=O) groups is 3. The summed E-state index contributed by atoms with van der Waals surface area (Å²) in [5, 5.41) is 2.73. The van der Waals surface area contributed by atoms with Crippen LogP contribution in [0.25, 0.3) is 0 Å². The maximum atomic E-state index is 13.0. The molecule has 1 atom stereocenters. The first kappa shape index (κ1) is 22.3. The number of rotatable bonds is 9. The summed E-state index contributed by atoms with van der Waals surface area (Å²) in [4.78, 5) is 39.2. The summed E-state index contributed by atoms with van der Waals surface area (Å²) < 4.78 is 10.9. The van der Waals surface area contributed by atoms with Gasteiger partial charge in [0.2, 0.25) is 5.91 Å². The van der Waals surface area contributed by atoms with Gasteiger partial charge in [0.25, 0.3) is 5.91 Å². The molecule has 164 valence electrons. The molecular weight excluding hydrogens is 396 g/mol. The van der Waals surface area contributed by atoms with E-state index in [1.165, 1.54) is 4.90 Å². The van der Waals surface area contributed by atoms with Gasteiger partial charge in [-0.2, -0.15) is 0 Å². The third-order valence-electron chi connectivity index (χ3n) is 5.02. The Morgan fingerprint density at radius 1 is 1.06 bits per heavy atom. The number of esters is 1. The van der Waals surface area contributed by atoms with E-state index in [4.69, 9.17) is 9.47 Å². The third kappa shape index (κ3) is 6.31. The Bertz CT molecular complexity index is 883. The first-order chi connectivity index (χ1) is 15.1. The minimum Gasteiger partial charge on any atom is -0.494 e. The van der Waals surface area contributed by atoms with Crippen LogP contribution in [0.15, 0.2) is 54.6 Å². The van der Waals surface area contributed by atoms with Crippen LogP contribution in [0.4, 0.5) is 0 Å². The van der Waals surface area contributed by atoms with Gasteiger partial charge in [0.15, 0.2) is 0 Å². The Morgan fingerprint density at radius 2 is 1.81 bits per heavy atom. The van der Waals surface area contributed by atoms with Crippen molar-refractivity contribution in [2.45, 2.75) is 32.2 Å². The zero-order chi connectivity index (χ0) is 22.1. The van der Waals surface area contributed by atoms with E-state index in [1.807, 2.05) is 37.3 Å². The van der Waals surface area contributed by atoms with Gasteiger partial charge in [-0.1, -0.05) is 37.3 Å². The summed E-state index contributed by atoms with van der Waals surface area (Å²) in [7, 11) is 0. The van der Waals surface area contributed by atoms with Crippen molar-refractivity contribution in [2.75, 3.05) is 26.3 Å². The molecule has 1 N–H and O–H groups in total. The summed E-state index contributed by atoms with van der Waals surface area (Å²) in [6.45, 7) is 3.53. The summed E-state index contributed by atoms with van der Waals surface area (Å²) in [5.74, 6) is -0.450. The molecule has 0 bridgehead atoms. The SMILES string of the molecule is CCCOc1ccc(C(=O)N2CCNC(=O)C2CC(=O)OCCc2ccccc2)cc1. The fourth-order valence-electron chi connectivity index (χ4n) is 3.38. The zero-order valence-electron chi connectivity index (χ0n) is 17.7. The van der Waals surface area contributed by atoms with Crippen LogP contribution in [-0.4, -0.2) is 55.0 Å². The molecule has 3 rings (SSSR count). The van der Waals surface area contributed by atoms with E-state index in [0.717, 1.165) is 12.0 Å². The smallest absolute Gasteiger partial charge is 0.308 e. The van der Waals surface area contributed by atoms with Gasteiger partial charge in [-0.15, -0.1) is 0 Å². The van der Waals surface area contributed by atoms with Crippen LogP contribution < -0.4 is 10.1 Å². The van der Waals surface area contributed by atoms with Crippen LogP contribution in [0.2, 0.25) is 0 Å². The van der Waals surface area contributed by atoms with Crippen molar-refractivity contribution < 1.29 is 23.9 Å². The number of amides is 2. The van der Waals surface area contributed by atoms with Crippen molar-refractivity contribution in [2.24, 2.45) is 0 Å². The van der Waals surface area contributed by atoms with Crippen LogP contribution in [0.1, 0.15) is 35.7 Å². The Morgan fingerprint density at radius 3 is 2.52 bits per heavy atom. The first-order valence-corrected chi connectivity index (χ1v) is 10.6. The lowest BCUT2D eigenvalue weighted by molar-refractivity contribution is -0.147. The molecule has 0 saturated carbocycles. The molecule has 0 radical (unpaired) electrons. The molecule has 2 aromatic carbocycles. The highest BCUT2D eigenvalue weighted by atomic mass is 16.5. The fraction of sp³-hybridized carbons (Fsp3) is 0.375. The number of benzene rings is 2. The lowest BCUT2D eigenvalue weighted by Gasteiger charge is -2.34. The number of piperazine rings is 1. The Labute approximate surface area is 182 Å². The quantitative estimate of drug-likeness (QED) is 0.626. The first-order valence-electron chi connectivity index (χ1n) is 10.6. The van der Waals surface area contributed by atoms with Crippen LogP contribution in [0, 0.1) is 0 Å². The minimum absolute atomic E-state index is 0.177. The molecule has 1 saturated heterocycles. The Balaban J connectivity index is 1.59. The van der Waals surface area contributed by atoms with Gasteiger partial charge in [0.05, 0.1) is 19.6 Å². The number of ether oxygens (including phenoxy) is 2. The van der Waals surface area contributed by atoms with E-state index in [1.54, 1.807) is 24.3 Å². The van der Waals surface area contributed by atoms with E-state index in [2.05, 4.69) is 5.32 Å². The van der Waals surface area contributed by atoms with Crippen molar-refractivity contribution in [3.63, 3.8) is 0 Å². The number of nitrogens with one attached hydrogen (secondary N) is 1. The van der Waals surface area contributed by atoms with E-state index in [0.29, 0.717) is 37.4 Å². The van der Waals surface area contributed by atoms with Gasteiger partial charge < -0.3 is 19.7 Å². The van der Waals surface area contributed by atoms with Gasteiger partial charge in [0, 0.05) is 25.1 Å². The largest absolute Gasteiger partial charge is 0.494 e. The predicted octanol–water partition coefficient (Wildman–Crippen LogP) is 2.59. The number of carbonyl (C=O) groups excluding carboxylic acids is 3. The second-order valence-electron chi connectivity index (χ2n) is 7.34. The lowest BCUT2D eigenvalue weighted by Crippen LogP contribution is -2.57. The topological polar surface area (TPSA) is 84.9 Å². The molecule has 1 fully saturated rings. The van der Waals surface area contributed by atoms with E-state index < -0.39 is 12.0 Å². The standard InChI is InChI=1S/C24H28N2O5/c1-2-15-30-20-10-8-19(9-11-20)24(29)26-14-13-25-23(28)21(26)17-22(27)31-16-12-18-6-4-3-5-7-18/h3-11,21H,2,12-17H2,1H3,(H,25,28). The molecule has 0 aliphatic carbocycles. The molecule has 2 aromatic rings. The summed E-state index contributed by atoms with van der Waals surface area (Å²) in [6, 6.07) is 15.6. The predicted molar refractivity (Wildman–Crippen MR) is 116 cm³/mol. The average Bonchev–Trinajstić information content (AvgIpc) is 2.79. The molecule has 0 aromatic heterocycles. The second-order valence-corrected chi connectivity index (χ2v) is 7.34. The van der Waals surface area contributed by atoms with Gasteiger partial charge in [-0.05, 0) is 36.2 Å². The van der Waals surface area contributed by atoms with Crippen molar-refractivity contribution >= 4 is 17.8 Å². The molecule has 7 nitrogen and oxygen atoms in total. The molecule has 2 amide bonds. The molecule has 1 heterocycles. The third-order valence-corrected chi connectivity index (χ3v) is 5.02. The highest BCUT2D eigenvalue weighted by molar-refractivity contribution is 5.99. The summed E-state index contributed by atoms with van der Waals surface area (Å²) in [5.41, 5.74) is 1.51. The molecule has 1 aliphatic heterocycles. The Kier molecular flexibility index (Phi) is 8.04. The highest BCUT2D eigenvalue weighted by Crippen LogP contribution is 2.18. The maximum absolute atomic E-state index is 13.0. The van der Waals surface area contributed by atoms with Crippen LogP contribution in [0.5, 0.6) is 5.75 Å². The van der Waals surface area contributed by atoms with Crippen molar-refractivity contribution in [1.82, 2.24) is 10.2 Å². The van der Waals surface area contributed by atoms with Crippen molar-refractivity contribution in [3.05, 3.63) is 65.7 Å². The summed E-state index contributed by atoms with van der Waals surface area (Å²) >= 11 is 0. The number of nitrogens with zero attached hydrogens (tertiary/aromatic N) is 1. The van der Waals surface area contributed by atoms with Gasteiger partial charge in [-0.3, -0.25) is 14.4 Å². The van der Waals surface area contributed by atoms with Gasteiger partial charge >= 0.3 is 5.97 Å². The summed E-state index contributed by atoms with van der Waals surface area (Å²) in [6.07, 6.45) is 1.31. The highest BCUT2D eigenvalue weighted by Gasteiger charge is 2.35. The fourth-order valence-corrected chi connectivity index (χ4v) is 3.38. The van der Waals surface area contributed by atoms with E-state index in [-0.39, 0.29) is 24.8 Å². The second kappa shape index (κ2) is 11.2. The van der Waals surface area contributed by atoms with Gasteiger partial charge in [-0.25, -0.2) is 0 Å². The molecule has 1 unspecified atom stereocenters. The zero-order valence-corrected chi connectivity index (χ0v) is 17.7. The van der Waals surface area contributed by atoms with Crippen LogP contribution in [-0.2, 0) is 20.7 Å². The van der Waals surface area contributed by atoms with E-state index >= 15 is 0 Å². The monoisotopic (exact) mass is 424 g/mol. The molecule has 7 heteroatoms. The minimum atomic E-state index is -0.888. The Hall–Kier alpha value is -3.35. The van der Waals surface area contributed by atoms with E-state index in [9.17, 15) is 14.4 Å². The van der Waals surface area contributed by atoms with Crippen molar-refractivity contribution in [1.29, 1.82) is 0 Å². The van der Waals surface area contributed by atoms with Gasteiger partial charge in [0.1, 0.15) is 11.8 Å². The van der Waals surface area contributed by atoms with Crippen LogP contribution in [0.3, 0.4) is 0 Å². The lowest BCUT2D eigenvalue weighted by atomic mass is 10.1. The average molecular weight is 424 g/mol. The maximum Gasteiger partial charge on any atom is 0.308 e. The number of hydrogen-bond donors (Lipinski definition) is 1. The molecular formula is C24H28N2O5. The molecule has 31 heavy (non-hydrogen) atoms. The van der Waals surface area contributed by atoms with Crippen LogP contribution >= 0.6 is 0 Å². The molecule has 1 aliphatic rings.